The maximum Gasteiger partial charge on any atom is 0.123 e. The Hall–Kier alpha value is -4.92. The lowest BCUT2D eigenvalue weighted by Gasteiger charge is -2.03. The fourth-order valence-corrected chi connectivity index (χ4v) is 6.08. The van der Waals surface area contributed by atoms with E-state index in [1.807, 2.05) is 85.5 Å². The van der Waals surface area contributed by atoms with Gasteiger partial charge in [0, 0.05) is 59.4 Å². The number of nitrogens with zero attached hydrogens (tertiary/aromatic N) is 6. The van der Waals surface area contributed by atoms with Crippen LogP contribution in [0.5, 0.6) is 0 Å². The van der Waals surface area contributed by atoms with Gasteiger partial charge in [-0.15, -0.1) is 22.7 Å². The summed E-state index contributed by atoms with van der Waals surface area (Å²) in [4.78, 5) is 29.5. The number of benzene rings is 1. The van der Waals surface area contributed by atoms with Crippen molar-refractivity contribution >= 4 is 22.7 Å². The minimum Gasteiger partial charge on any atom is -0.264 e. The van der Waals surface area contributed by atoms with Crippen LogP contribution in [0.3, 0.4) is 0 Å². The second kappa shape index (κ2) is 10.7. The summed E-state index contributed by atoms with van der Waals surface area (Å²) in [5.41, 5.74) is 7.70. The first kappa shape index (κ1) is 24.1. The zero-order valence-electron chi connectivity index (χ0n) is 21.0. The summed E-state index contributed by atoms with van der Waals surface area (Å²) in [6.45, 7) is 0. The van der Waals surface area contributed by atoms with Crippen LogP contribution >= 0.6 is 22.7 Å². The SMILES string of the molecule is c1cncc(-c2cccc(-c3cnc(-c4ccc(-c5ncc(-c6cccc(-c7cccnc7)n6)s5)cc4)s3)n2)c1. The molecule has 0 fully saturated rings. The molecule has 0 radical (unpaired) electrons. The van der Waals surface area contributed by atoms with Crippen LogP contribution in [0.2, 0.25) is 0 Å². The molecule has 40 heavy (non-hydrogen) atoms. The van der Waals surface area contributed by atoms with E-state index in [1.165, 1.54) is 0 Å². The Morgan fingerprint density at radius 1 is 0.400 bits per heavy atom. The topological polar surface area (TPSA) is 77.3 Å². The molecule has 0 amide bonds. The summed E-state index contributed by atoms with van der Waals surface area (Å²) >= 11 is 3.26. The molecule has 0 saturated carbocycles. The predicted molar refractivity (Wildman–Crippen MR) is 162 cm³/mol. The van der Waals surface area contributed by atoms with Crippen molar-refractivity contribution in [3.8, 4) is 64.8 Å². The van der Waals surface area contributed by atoms with Gasteiger partial charge >= 0.3 is 0 Å². The normalized spacial score (nSPS) is 11.0. The van der Waals surface area contributed by atoms with Gasteiger partial charge in [-0.3, -0.25) is 9.97 Å². The average Bonchev–Trinajstić information content (AvgIpc) is 3.74. The molecule has 190 valence electrons. The van der Waals surface area contributed by atoms with Gasteiger partial charge in [-0.1, -0.05) is 36.4 Å². The van der Waals surface area contributed by atoms with Crippen molar-refractivity contribution < 1.29 is 0 Å². The Morgan fingerprint density at radius 3 is 1.27 bits per heavy atom. The number of thiazole rings is 2. The first-order valence-corrected chi connectivity index (χ1v) is 14.2. The van der Waals surface area contributed by atoms with Crippen LogP contribution in [-0.4, -0.2) is 29.9 Å². The molecule has 0 N–H and O–H groups in total. The predicted octanol–water partition coefficient (Wildman–Crippen LogP) is 8.18. The molecular weight excluding hydrogens is 533 g/mol. The van der Waals surface area contributed by atoms with E-state index in [4.69, 9.17) is 9.97 Å². The smallest absolute Gasteiger partial charge is 0.123 e. The Kier molecular flexibility index (Phi) is 6.45. The van der Waals surface area contributed by atoms with E-state index in [-0.39, 0.29) is 0 Å². The van der Waals surface area contributed by atoms with Crippen molar-refractivity contribution in [2.75, 3.05) is 0 Å². The van der Waals surface area contributed by atoms with Crippen molar-refractivity contribution in [3.05, 3.63) is 122 Å². The Morgan fingerprint density at radius 2 is 0.850 bits per heavy atom. The van der Waals surface area contributed by atoms with Crippen LogP contribution in [0.25, 0.3) is 64.8 Å². The average molecular weight is 553 g/mol. The molecule has 0 spiro atoms. The Bertz CT molecular complexity index is 1760. The zero-order chi connectivity index (χ0) is 26.7. The molecule has 0 aliphatic heterocycles. The Balaban J connectivity index is 1.11. The number of pyridine rings is 4. The lowest BCUT2D eigenvalue weighted by atomic mass is 10.1. The summed E-state index contributed by atoms with van der Waals surface area (Å²) in [6.07, 6.45) is 11.0. The summed E-state index contributed by atoms with van der Waals surface area (Å²) in [5, 5.41) is 1.90. The molecule has 8 heteroatoms. The summed E-state index contributed by atoms with van der Waals surface area (Å²) in [6, 6.07) is 28.3. The van der Waals surface area contributed by atoms with E-state index in [0.29, 0.717) is 0 Å². The quantitative estimate of drug-likeness (QED) is 0.207. The molecule has 6 aromatic heterocycles. The summed E-state index contributed by atoms with van der Waals surface area (Å²) in [7, 11) is 0. The fraction of sp³-hybridized carbons (Fsp3) is 0. The van der Waals surface area contributed by atoms with Crippen LogP contribution in [0, 0.1) is 0 Å². The first-order chi connectivity index (χ1) is 19.8. The van der Waals surface area contributed by atoms with Crippen LogP contribution in [0.1, 0.15) is 0 Å². The van der Waals surface area contributed by atoms with E-state index in [2.05, 4.69) is 44.2 Å². The van der Waals surface area contributed by atoms with E-state index < -0.39 is 0 Å². The van der Waals surface area contributed by atoms with Crippen molar-refractivity contribution in [3.63, 3.8) is 0 Å². The van der Waals surface area contributed by atoms with Crippen LogP contribution in [0.15, 0.2) is 122 Å². The molecule has 1 aromatic carbocycles. The van der Waals surface area contributed by atoms with Gasteiger partial charge in [0.05, 0.1) is 32.5 Å². The molecule has 6 heterocycles. The van der Waals surface area contributed by atoms with Gasteiger partial charge in [-0.05, 0) is 48.5 Å². The minimum atomic E-state index is 0.895. The lowest BCUT2D eigenvalue weighted by molar-refractivity contribution is 1.28. The van der Waals surface area contributed by atoms with Gasteiger partial charge in [-0.25, -0.2) is 19.9 Å². The highest BCUT2D eigenvalue weighted by atomic mass is 32.1. The number of hydrogen-bond acceptors (Lipinski definition) is 8. The van der Waals surface area contributed by atoms with Gasteiger partial charge in [0.25, 0.3) is 0 Å². The summed E-state index contributed by atoms with van der Waals surface area (Å²) in [5.74, 6) is 0. The molecule has 0 aliphatic carbocycles. The molecular formula is C32H20N6S2. The third-order valence-electron chi connectivity index (χ3n) is 6.31. The van der Waals surface area contributed by atoms with Crippen LogP contribution < -0.4 is 0 Å². The van der Waals surface area contributed by atoms with Crippen molar-refractivity contribution in [2.45, 2.75) is 0 Å². The number of hydrogen-bond donors (Lipinski definition) is 0. The first-order valence-electron chi connectivity index (χ1n) is 12.6. The van der Waals surface area contributed by atoms with Crippen molar-refractivity contribution in [1.82, 2.24) is 29.9 Å². The highest BCUT2D eigenvalue weighted by molar-refractivity contribution is 7.18. The second-order valence-corrected chi connectivity index (χ2v) is 11.0. The maximum absolute atomic E-state index is 4.84. The molecule has 0 atom stereocenters. The molecule has 0 unspecified atom stereocenters. The van der Waals surface area contributed by atoms with Crippen LogP contribution in [-0.2, 0) is 0 Å². The minimum absolute atomic E-state index is 0.895. The number of aromatic nitrogens is 6. The summed E-state index contributed by atoms with van der Waals surface area (Å²) < 4.78 is 0. The van der Waals surface area contributed by atoms with Crippen LogP contribution in [0.4, 0.5) is 0 Å². The number of rotatable bonds is 6. The second-order valence-electron chi connectivity index (χ2n) is 8.94. The Labute approximate surface area is 238 Å². The maximum atomic E-state index is 4.84. The monoisotopic (exact) mass is 552 g/mol. The van der Waals surface area contributed by atoms with E-state index in [0.717, 1.165) is 64.8 Å². The van der Waals surface area contributed by atoms with Gasteiger partial charge < -0.3 is 0 Å². The van der Waals surface area contributed by atoms with Gasteiger partial charge in [0.1, 0.15) is 10.0 Å². The van der Waals surface area contributed by atoms with E-state index in [9.17, 15) is 0 Å². The standard InChI is InChI=1S/C32H20N6S2/c1-7-25(23-5-3-15-33-17-23)37-27(9-1)29-19-35-31(39-29)21-11-13-22(14-12-21)32-36-20-30(40-32)28-10-2-8-26(38-28)24-6-4-16-34-18-24/h1-20H. The van der Waals surface area contributed by atoms with Crippen molar-refractivity contribution in [2.24, 2.45) is 0 Å². The molecule has 7 rings (SSSR count). The van der Waals surface area contributed by atoms with E-state index in [1.54, 1.807) is 35.1 Å². The highest BCUT2D eigenvalue weighted by Crippen LogP contribution is 2.35. The van der Waals surface area contributed by atoms with Gasteiger partial charge in [0.15, 0.2) is 0 Å². The zero-order valence-corrected chi connectivity index (χ0v) is 22.7. The lowest BCUT2D eigenvalue weighted by Crippen LogP contribution is -1.86. The molecule has 0 aliphatic rings. The van der Waals surface area contributed by atoms with Gasteiger partial charge in [-0.2, -0.15) is 0 Å². The van der Waals surface area contributed by atoms with E-state index >= 15 is 0 Å². The third kappa shape index (κ3) is 4.93. The largest absolute Gasteiger partial charge is 0.264 e. The molecule has 6 nitrogen and oxygen atoms in total. The molecule has 7 aromatic rings. The highest BCUT2D eigenvalue weighted by Gasteiger charge is 2.12. The molecule has 0 saturated heterocycles. The van der Waals surface area contributed by atoms with Gasteiger partial charge in [0.2, 0.25) is 0 Å². The fourth-order valence-electron chi connectivity index (χ4n) is 4.30. The van der Waals surface area contributed by atoms with Crippen molar-refractivity contribution in [1.29, 1.82) is 0 Å². The molecule has 0 bridgehead atoms. The third-order valence-corrected chi connectivity index (χ3v) is 8.45.